The Labute approximate surface area is 136 Å². The molecule has 0 saturated carbocycles. The van der Waals surface area contributed by atoms with Gasteiger partial charge in [-0.1, -0.05) is 45.0 Å². The summed E-state index contributed by atoms with van der Waals surface area (Å²) in [6.45, 7) is 9.05. The Bertz CT molecular complexity index is 541. The molecule has 4 nitrogen and oxygen atoms in total. The third-order valence-corrected chi connectivity index (χ3v) is 4.88. The fourth-order valence-corrected chi connectivity index (χ4v) is 3.36. The van der Waals surface area contributed by atoms with Crippen molar-refractivity contribution in [3.05, 3.63) is 35.4 Å². The van der Waals surface area contributed by atoms with Crippen LogP contribution in [0.3, 0.4) is 0 Å². The molecule has 0 fully saturated rings. The average Bonchev–Trinajstić information content (AvgIpc) is 2.85. The first-order valence-electron chi connectivity index (χ1n) is 7.53. The van der Waals surface area contributed by atoms with Crippen LogP contribution >= 0.6 is 11.8 Å². The van der Waals surface area contributed by atoms with E-state index in [1.165, 1.54) is 18.1 Å². The van der Waals surface area contributed by atoms with Gasteiger partial charge in [0.05, 0.1) is 0 Å². The fourth-order valence-electron chi connectivity index (χ4n) is 2.46. The number of hydrogen-bond acceptors (Lipinski definition) is 3. The van der Waals surface area contributed by atoms with Gasteiger partial charge >= 0.3 is 0 Å². The van der Waals surface area contributed by atoms with Crippen LogP contribution in [-0.2, 0) is 22.7 Å². The smallest absolute Gasteiger partial charge is 0.246 e. The summed E-state index contributed by atoms with van der Waals surface area (Å²) < 4.78 is 0.0605. The molecule has 0 radical (unpaired) electrons. The van der Waals surface area contributed by atoms with Gasteiger partial charge in [0, 0.05) is 30.5 Å². The van der Waals surface area contributed by atoms with Crippen molar-refractivity contribution in [3.8, 4) is 0 Å². The molecule has 0 bridgehead atoms. The molecule has 1 unspecified atom stereocenters. The maximum Gasteiger partial charge on any atom is 0.246 e. The Morgan fingerprint density at radius 1 is 1.23 bits per heavy atom. The van der Waals surface area contributed by atoms with E-state index in [0.29, 0.717) is 18.8 Å². The van der Waals surface area contributed by atoms with E-state index in [9.17, 15) is 9.59 Å². The van der Waals surface area contributed by atoms with Gasteiger partial charge in [-0.15, -0.1) is 0 Å². The number of thioether (sulfide) groups is 1. The van der Waals surface area contributed by atoms with E-state index in [1.54, 1.807) is 11.8 Å². The van der Waals surface area contributed by atoms with Crippen molar-refractivity contribution in [2.75, 3.05) is 5.75 Å². The molecule has 120 valence electrons. The molecule has 22 heavy (non-hydrogen) atoms. The summed E-state index contributed by atoms with van der Waals surface area (Å²) in [5.41, 5.74) is 2.39. The van der Waals surface area contributed by atoms with E-state index in [0.717, 1.165) is 0 Å². The van der Waals surface area contributed by atoms with Gasteiger partial charge < -0.3 is 10.2 Å². The predicted octanol–water partition coefficient (Wildman–Crippen LogP) is 2.57. The summed E-state index contributed by atoms with van der Waals surface area (Å²) in [5, 5.41) is 2.80. The maximum atomic E-state index is 12.8. The molecule has 1 N–H and O–H groups in total. The van der Waals surface area contributed by atoms with Gasteiger partial charge in [0.25, 0.3) is 0 Å². The molecule has 0 spiro atoms. The van der Waals surface area contributed by atoms with Crippen molar-refractivity contribution in [3.63, 3.8) is 0 Å². The number of carbonyl (C=O) groups excluding carboxylic acids is 2. The topological polar surface area (TPSA) is 49.4 Å². The largest absolute Gasteiger partial charge is 0.344 e. The summed E-state index contributed by atoms with van der Waals surface area (Å²) in [6, 6.07) is 7.64. The minimum Gasteiger partial charge on any atom is -0.344 e. The summed E-state index contributed by atoms with van der Waals surface area (Å²) in [5.74, 6) is 0.433. The first kappa shape index (κ1) is 16.9. The third-order valence-electron chi connectivity index (χ3n) is 3.51. The molecular weight excluding hydrogens is 296 g/mol. The number of nitrogens with one attached hydrogen (secondary N) is 1. The van der Waals surface area contributed by atoms with E-state index in [2.05, 4.69) is 38.2 Å². The van der Waals surface area contributed by atoms with Crippen molar-refractivity contribution in [2.45, 2.75) is 51.6 Å². The van der Waals surface area contributed by atoms with E-state index in [1.807, 2.05) is 17.0 Å². The molecule has 2 amide bonds. The highest BCUT2D eigenvalue weighted by Gasteiger charge is 2.30. The number of nitrogens with zero attached hydrogens (tertiary/aromatic N) is 1. The summed E-state index contributed by atoms with van der Waals surface area (Å²) in [6.07, 6.45) is 0. The lowest BCUT2D eigenvalue weighted by Gasteiger charge is -2.26. The number of benzene rings is 1. The van der Waals surface area contributed by atoms with Crippen LogP contribution in [0.15, 0.2) is 24.3 Å². The molecule has 1 aromatic carbocycles. The van der Waals surface area contributed by atoms with Gasteiger partial charge in [0.2, 0.25) is 11.8 Å². The van der Waals surface area contributed by atoms with Gasteiger partial charge in [-0.2, -0.15) is 11.8 Å². The van der Waals surface area contributed by atoms with E-state index in [-0.39, 0.29) is 16.6 Å². The molecule has 1 heterocycles. The molecule has 1 atom stereocenters. The number of hydrogen-bond donors (Lipinski definition) is 1. The van der Waals surface area contributed by atoms with Crippen LogP contribution in [0.2, 0.25) is 0 Å². The number of amides is 2. The average molecular weight is 320 g/mol. The molecule has 1 aliphatic heterocycles. The first-order chi connectivity index (χ1) is 10.3. The highest BCUT2D eigenvalue weighted by molar-refractivity contribution is 8.00. The Balaban J connectivity index is 2.05. The lowest BCUT2D eigenvalue weighted by molar-refractivity contribution is -0.135. The van der Waals surface area contributed by atoms with Gasteiger partial charge in [-0.05, 0) is 11.1 Å². The zero-order valence-electron chi connectivity index (χ0n) is 13.7. The second-order valence-corrected chi connectivity index (χ2v) is 8.49. The summed E-state index contributed by atoms with van der Waals surface area (Å²) in [7, 11) is 0. The zero-order valence-corrected chi connectivity index (χ0v) is 14.5. The van der Waals surface area contributed by atoms with Crippen LogP contribution in [0.4, 0.5) is 0 Å². The van der Waals surface area contributed by atoms with E-state index in [4.69, 9.17) is 0 Å². The van der Waals surface area contributed by atoms with Crippen LogP contribution in [0.1, 0.15) is 38.8 Å². The predicted molar refractivity (Wildman–Crippen MR) is 90.5 cm³/mol. The highest BCUT2D eigenvalue weighted by atomic mass is 32.2. The Hall–Kier alpha value is -1.49. The first-order valence-corrected chi connectivity index (χ1v) is 8.51. The number of rotatable bonds is 4. The highest BCUT2D eigenvalue weighted by Crippen LogP contribution is 2.26. The minimum atomic E-state index is -0.462. The summed E-state index contributed by atoms with van der Waals surface area (Å²) in [4.78, 5) is 26.0. The van der Waals surface area contributed by atoms with Gasteiger partial charge in [0.15, 0.2) is 0 Å². The lowest BCUT2D eigenvalue weighted by atomic mass is 10.1. The molecule has 5 heteroatoms. The standard InChI is InChI=1S/C17H24N2O2S/c1-12(20)18-15(11-22-17(2,3)4)16(21)19-9-13-7-5-6-8-14(13)10-19/h5-8,15H,9-11H2,1-4H3,(H,18,20). The molecule has 0 aromatic heterocycles. The molecule has 0 saturated heterocycles. The minimum absolute atomic E-state index is 0.00292. The van der Waals surface area contributed by atoms with Crippen LogP contribution in [0, 0.1) is 0 Å². The second-order valence-electron chi connectivity index (χ2n) is 6.64. The van der Waals surface area contributed by atoms with Crippen molar-refractivity contribution < 1.29 is 9.59 Å². The van der Waals surface area contributed by atoms with Crippen LogP contribution in [0.5, 0.6) is 0 Å². The quantitative estimate of drug-likeness (QED) is 0.927. The lowest BCUT2D eigenvalue weighted by Crippen LogP contribution is -2.48. The van der Waals surface area contributed by atoms with Crippen molar-refractivity contribution in [1.82, 2.24) is 10.2 Å². The van der Waals surface area contributed by atoms with Crippen LogP contribution in [0.25, 0.3) is 0 Å². The monoisotopic (exact) mass is 320 g/mol. The molecular formula is C17H24N2O2S. The number of fused-ring (bicyclic) bond motifs is 1. The van der Waals surface area contributed by atoms with Crippen LogP contribution < -0.4 is 5.32 Å². The van der Waals surface area contributed by atoms with Gasteiger partial charge in [-0.3, -0.25) is 9.59 Å². The fraction of sp³-hybridized carbons (Fsp3) is 0.529. The third kappa shape index (κ3) is 4.50. The molecule has 2 rings (SSSR count). The number of carbonyl (C=O) groups is 2. The molecule has 0 aliphatic carbocycles. The van der Waals surface area contributed by atoms with Crippen molar-refractivity contribution >= 4 is 23.6 Å². The molecule has 1 aliphatic rings. The Morgan fingerprint density at radius 3 is 2.23 bits per heavy atom. The van der Waals surface area contributed by atoms with E-state index < -0.39 is 6.04 Å². The van der Waals surface area contributed by atoms with E-state index >= 15 is 0 Å². The Kier molecular flexibility index (Phi) is 5.16. The molecule has 1 aromatic rings. The Morgan fingerprint density at radius 2 is 1.77 bits per heavy atom. The SMILES string of the molecule is CC(=O)NC(CSC(C)(C)C)C(=O)N1Cc2ccccc2C1. The zero-order chi connectivity index (χ0) is 16.3. The second kappa shape index (κ2) is 6.73. The van der Waals surface area contributed by atoms with Gasteiger partial charge in [-0.25, -0.2) is 0 Å². The van der Waals surface area contributed by atoms with Gasteiger partial charge in [0.1, 0.15) is 6.04 Å². The summed E-state index contributed by atoms with van der Waals surface area (Å²) >= 11 is 1.69. The normalized spacial score (nSPS) is 15.4. The van der Waals surface area contributed by atoms with Crippen molar-refractivity contribution in [2.24, 2.45) is 0 Å². The van der Waals surface area contributed by atoms with Crippen LogP contribution in [-0.4, -0.2) is 33.3 Å². The van der Waals surface area contributed by atoms with Crippen molar-refractivity contribution in [1.29, 1.82) is 0 Å². The maximum absolute atomic E-state index is 12.8.